The minimum Gasteiger partial charge on any atom is -0.454 e. The van der Waals surface area contributed by atoms with Gasteiger partial charge in [-0.3, -0.25) is 4.79 Å². The van der Waals surface area contributed by atoms with Gasteiger partial charge in [0.15, 0.2) is 16.6 Å². The number of rotatable bonds is 9. The lowest BCUT2D eigenvalue weighted by atomic mass is 9.94. The Morgan fingerprint density at radius 3 is 2.76 bits per heavy atom. The van der Waals surface area contributed by atoms with Crippen molar-refractivity contribution >= 4 is 34.0 Å². The molecule has 0 radical (unpaired) electrons. The minimum atomic E-state index is -0.572. The summed E-state index contributed by atoms with van der Waals surface area (Å²) in [5, 5.41) is 17.4. The molecule has 2 aliphatic rings. The Labute approximate surface area is 207 Å². The fourth-order valence-corrected chi connectivity index (χ4v) is 5.37. The van der Waals surface area contributed by atoms with Gasteiger partial charge in [-0.15, -0.1) is 0 Å². The van der Waals surface area contributed by atoms with Crippen molar-refractivity contribution in [2.45, 2.75) is 43.7 Å². The second-order valence-corrected chi connectivity index (χ2v) is 10.1. The molecule has 34 heavy (non-hydrogen) atoms. The van der Waals surface area contributed by atoms with Crippen molar-refractivity contribution in [3.05, 3.63) is 69.7 Å². The number of carbonyl (C=O) groups excluding carboxylic acids is 1. The summed E-state index contributed by atoms with van der Waals surface area (Å²) in [6.07, 6.45) is 4.06. The molecule has 1 aliphatic heterocycles. The molecule has 3 N–H and O–H groups in total. The highest BCUT2D eigenvalue weighted by molar-refractivity contribution is 7.15. The van der Waals surface area contributed by atoms with Crippen LogP contribution in [0.2, 0.25) is 5.02 Å². The van der Waals surface area contributed by atoms with Crippen molar-refractivity contribution in [1.29, 1.82) is 0 Å². The SMILES string of the molecule is CC[C@@H](CO)NC(c1cnc(NC(=O)C2(c3ccc4c(c3)OCO4)CC2)s1)c1ccccc1Cl. The van der Waals surface area contributed by atoms with E-state index in [0.29, 0.717) is 21.7 Å². The second-order valence-electron chi connectivity index (χ2n) is 8.58. The van der Waals surface area contributed by atoms with Crippen LogP contribution in [0.3, 0.4) is 0 Å². The average Bonchev–Trinajstić information content (AvgIpc) is 3.31. The first-order valence-electron chi connectivity index (χ1n) is 11.3. The third-order valence-corrected chi connectivity index (χ3v) is 7.79. The number of nitrogens with one attached hydrogen (secondary N) is 2. The molecule has 2 atom stereocenters. The van der Waals surface area contributed by atoms with E-state index < -0.39 is 5.41 Å². The standard InChI is InChI=1S/C25H26ClN3O4S/c1-2-16(13-30)28-22(17-5-3-4-6-18(17)26)21-12-27-24(34-21)29-23(31)25(9-10-25)15-7-8-19-20(11-15)33-14-32-19/h3-8,11-12,16,22,28,30H,2,9-10,13-14H2,1H3,(H,27,29,31)/t16-,22?/m0/s1. The molecule has 3 aromatic rings. The van der Waals surface area contributed by atoms with E-state index in [1.807, 2.05) is 49.4 Å². The number of carbonyl (C=O) groups is 1. The molecule has 0 bridgehead atoms. The Morgan fingerprint density at radius 1 is 1.24 bits per heavy atom. The number of fused-ring (bicyclic) bond motifs is 1. The van der Waals surface area contributed by atoms with Gasteiger partial charge in [0, 0.05) is 22.1 Å². The van der Waals surface area contributed by atoms with Gasteiger partial charge in [0.2, 0.25) is 12.7 Å². The second kappa shape index (κ2) is 9.54. The van der Waals surface area contributed by atoms with Gasteiger partial charge in [-0.2, -0.15) is 0 Å². The minimum absolute atomic E-state index is 0.0118. The number of ether oxygens (including phenoxy) is 2. The predicted molar refractivity (Wildman–Crippen MR) is 132 cm³/mol. The first kappa shape index (κ1) is 23.1. The lowest BCUT2D eigenvalue weighted by molar-refractivity contribution is -0.118. The van der Waals surface area contributed by atoms with Crippen LogP contribution in [0, 0.1) is 0 Å². The Hall–Kier alpha value is -2.65. The van der Waals surface area contributed by atoms with E-state index in [0.717, 1.165) is 35.3 Å². The molecule has 2 heterocycles. The molecule has 1 amide bonds. The van der Waals surface area contributed by atoms with Crippen LogP contribution in [0.5, 0.6) is 11.5 Å². The number of hydrogen-bond acceptors (Lipinski definition) is 7. The third kappa shape index (κ3) is 4.38. The first-order valence-corrected chi connectivity index (χ1v) is 12.5. The highest BCUT2D eigenvalue weighted by atomic mass is 35.5. The van der Waals surface area contributed by atoms with Gasteiger partial charge >= 0.3 is 0 Å². The molecule has 1 aliphatic carbocycles. The summed E-state index contributed by atoms with van der Waals surface area (Å²) in [6, 6.07) is 13.0. The van der Waals surface area contributed by atoms with Crippen LogP contribution < -0.4 is 20.1 Å². The summed E-state index contributed by atoms with van der Waals surface area (Å²) < 4.78 is 10.9. The van der Waals surface area contributed by atoms with Gasteiger partial charge in [0.1, 0.15) is 0 Å². The number of halogens is 1. The van der Waals surface area contributed by atoms with E-state index in [2.05, 4.69) is 15.6 Å². The van der Waals surface area contributed by atoms with Crippen LogP contribution in [0.4, 0.5) is 5.13 Å². The molecular weight excluding hydrogens is 474 g/mol. The van der Waals surface area contributed by atoms with E-state index in [1.54, 1.807) is 6.20 Å². The van der Waals surface area contributed by atoms with Crippen LogP contribution >= 0.6 is 22.9 Å². The molecule has 1 unspecified atom stereocenters. The molecule has 1 aromatic heterocycles. The predicted octanol–water partition coefficient (Wildman–Crippen LogP) is 4.65. The number of aromatic nitrogens is 1. The lowest BCUT2D eigenvalue weighted by Gasteiger charge is -2.24. The normalized spacial score (nSPS) is 17.3. The Bertz CT molecular complexity index is 1190. The summed E-state index contributed by atoms with van der Waals surface area (Å²) in [4.78, 5) is 18.7. The van der Waals surface area contributed by atoms with Gasteiger partial charge in [-0.25, -0.2) is 4.98 Å². The van der Waals surface area contributed by atoms with Crippen molar-refractivity contribution in [3.63, 3.8) is 0 Å². The number of hydrogen-bond donors (Lipinski definition) is 3. The van der Waals surface area contributed by atoms with Crippen molar-refractivity contribution in [2.75, 3.05) is 18.7 Å². The molecule has 0 spiro atoms. The molecule has 1 fully saturated rings. The van der Waals surface area contributed by atoms with E-state index >= 15 is 0 Å². The number of aliphatic hydroxyl groups is 1. The van der Waals surface area contributed by atoms with Crippen molar-refractivity contribution in [3.8, 4) is 11.5 Å². The fourth-order valence-electron chi connectivity index (χ4n) is 4.23. The Kier molecular flexibility index (Phi) is 6.48. The molecule has 2 aromatic carbocycles. The summed E-state index contributed by atoms with van der Waals surface area (Å²) in [7, 11) is 0. The zero-order valence-corrected chi connectivity index (χ0v) is 20.3. The number of nitrogens with zero attached hydrogens (tertiary/aromatic N) is 1. The van der Waals surface area contributed by atoms with Crippen LogP contribution in [-0.2, 0) is 10.2 Å². The van der Waals surface area contributed by atoms with Crippen LogP contribution in [0.15, 0.2) is 48.7 Å². The zero-order valence-electron chi connectivity index (χ0n) is 18.7. The molecule has 0 saturated heterocycles. The average molecular weight is 500 g/mol. The maximum absolute atomic E-state index is 13.3. The third-order valence-electron chi connectivity index (χ3n) is 6.47. The van der Waals surface area contributed by atoms with Crippen LogP contribution in [0.1, 0.15) is 48.2 Å². The van der Waals surface area contributed by atoms with Crippen LogP contribution in [0.25, 0.3) is 0 Å². The van der Waals surface area contributed by atoms with Crippen molar-refractivity contribution < 1.29 is 19.4 Å². The zero-order chi connectivity index (χ0) is 23.7. The fraction of sp³-hybridized carbons (Fsp3) is 0.360. The smallest absolute Gasteiger partial charge is 0.236 e. The van der Waals surface area contributed by atoms with Gasteiger partial charge in [-0.1, -0.05) is 54.1 Å². The summed E-state index contributed by atoms with van der Waals surface area (Å²) in [5.74, 6) is 1.31. The van der Waals surface area contributed by atoms with Gasteiger partial charge in [-0.05, 0) is 48.6 Å². The highest BCUT2D eigenvalue weighted by Crippen LogP contribution is 2.51. The maximum atomic E-state index is 13.3. The summed E-state index contributed by atoms with van der Waals surface area (Å²) >= 11 is 7.90. The van der Waals surface area contributed by atoms with E-state index in [-0.39, 0.29) is 31.4 Å². The van der Waals surface area contributed by atoms with E-state index in [4.69, 9.17) is 21.1 Å². The quantitative estimate of drug-likeness (QED) is 0.397. The number of anilines is 1. The maximum Gasteiger partial charge on any atom is 0.236 e. The number of benzene rings is 2. The van der Waals surface area contributed by atoms with Gasteiger partial charge in [0.25, 0.3) is 0 Å². The Balaban J connectivity index is 1.37. The molecular formula is C25H26ClN3O4S. The van der Waals surface area contributed by atoms with Crippen molar-refractivity contribution in [2.24, 2.45) is 0 Å². The summed E-state index contributed by atoms with van der Waals surface area (Å²) in [5.41, 5.74) is 1.25. The number of thiazole rings is 1. The monoisotopic (exact) mass is 499 g/mol. The highest BCUT2D eigenvalue weighted by Gasteiger charge is 2.52. The van der Waals surface area contributed by atoms with Crippen molar-refractivity contribution in [1.82, 2.24) is 10.3 Å². The van der Waals surface area contributed by atoms with Gasteiger partial charge < -0.3 is 25.2 Å². The molecule has 7 nitrogen and oxygen atoms in total. The molecule has 178 valence electrons. The Morgan fingerprint density at radius 2 is 2.03 bits per heavy atom. The lowest BCUT2D eigenvalue weighted by Crippen LogP contribution is -2.35. The van der Waals surface area contributed by atoms with Crippen LogP contribution in [-0.4, -0.2) is 35.4 Å². The largest absolute Gasteiger partial charge is 0.454 e. The topological polar surface area (TPSA) is 92.7 Å². The number of amides is 1. The molecule has 5 rings (SSSR count). The van der Waals surface area contributed by atoms with E-state index in [1.165, 1.54) is 11.3 Å². The molecule has 1 saturated carbocycles. The summed E-state index contributed by atoms with van der Waals surface area (Å²) in [6.45, 7) is 2.23. The first-order chi connectivity index (χ1) is 16.5. The van der Waals surface area contributed by atoms with E-state index in [9.17, 15) is 9.90 Å². The molecule has 9 heteroatoms. The van der Waals surface area contributed by atoms with Gasteiger partial charge in [0.05, 0.1) is 18.1 Å². The number of aliphatic hydroxyl groups excluding tert-OH is 1.